The maximum absolute atomic E-state index is 4.56. The summed E-state index contributed by atoms with van der Waals surface area (Å²) < 4.78 is 2.02. The molecule has 0 aliphatic heterocycles. The highest BCUT2D eigenvalue weighted by atomic mass is 32.1. The quantitative estimate of drug-likeness (QED) is 0.780. The molecule has 1 unspecified atom stereocenters. The second-order valence-electron chi connectivity index (χ2n) is 4.70. The lowest BCUT2D eigenvalue weighted by Gasteiger charge is -2.13. The molecule has 17 heavy (non-hydrogen) atoms. The average molecular weight is 251 g/mol. The van der Waals surface area contributed by atoms with Crippen LogP contribution in [0.15, 0.2) is 5.51 Å². The highest BCUT2D eigenvalue weighted by molar-refractivity contribution is 7.14. The molecule has 2 heterocycles. The molecule has 2 rings (SSSR count). The van der Waals surface area contributed by atoms with Crippen molar-refractivity contribution >= 4 is 16.3 Å². The number of imidazole rings is 1. The van der Waals surface area contributed by atoms with Crippen molar-refractivity contribution in [2.45, 2.75) is 52.9 Å². The summed E-state index contributed by atoms with van der Waals surface area (Å²) in [4.78, 5) is 5.59. The molecule has 4 heteroatoms. The van der Waals surface area contributed by atoms with Gasteiger partial charge in [0.15, 0.2) is 0 Å². The average Bonchev–Trinajstić information content (AvgIpc) is 2.87. The number of aryl methyl sites for hydroxylation is 1. The predicted molar refractivity (Wildman–Crippen MR) is 72.6 cm³/mol. The second kappa shape index (κ2) is 5.63. The van der Waals surface area contributed by atoms with Crippen LogP contribution in [0.4, 0.5) is 0 Å². The molecule has 0 amide bonds. The van der Waals surface area contributed by atoms with E-state index in [4.69, 9.17) is 0 Å². The van der Waals surface area contributed by atoms with E-state index in [1.807, 2.05) is 10.0 Å². The van der Waals surface area contributed by atoms with E-state index in [9.17, 15) is 0 Å². The fraction of sp³-hybridized carbons (Fsp3) is 0.692. The van der Waals surface area contributed by atoms with Gasteiger partial charge >= 0.3 is 0 Å². The Bertz CT molecular complexity index is 472. The number of unbranched alkanes of at least 4 members (excludes halogenated alkanes) is 1. The molecule has 94 valence electrons. The lowest BCUT2D eigenvalue weighted by atomic mass is 9.94. The molecule has 0 saturated carbocycles. The lowest BCUT2D eigenvalue weighted by molar-refractivity contribution is 0.441. The third kappa shape index (κ3) is 2.68. The van der Waals surface area contributed by atoms with E-state index in [1.165, 1.54) is 31.4 Å². The third-order valence-electron chi connectivity index (χ3n) is 3.46. The van der Waals surface area contributed by atoms with Crippen LogP contribution >= 0.6 is 11.3 Å². The lowest BCUT2D eigenvalue weighted by Crippen LogP contribution is -2.07. The van der Waals surface area contributed by atoms with Gasteiger partial charge in [0.1, 0.15) is 5.51 Å². The molecule has 0 aliphatic rings. The molecule has 2 aromatic rings. The highest BCUT2D eigenvalue weighted by Gasteiger charge is 2.15. The van der Waals surface area contributed by atoms with E-state index in [0.29, 0.717) is 0 Å². The first kappa shape index (κ1) is 12.6. The number of hydrogen-bond donors (Lipinski definition) is 0. The third-order valence-corrected chi connectivity index (χ3v) is 4.14. The molecule has 3 nitrogen and oxygen atoms in total. The molecule has 1 atom stereocenters. The summed E-state index contributed by atoms with van der Waals surface area (Å²) in [6.45, 7) is 6.65. The minimum absolute atomic E-state index is 0.773. The fourth-order valence-electron chi connectivity index (χ4n) is 2.29. The molecule has 0 spiro atoms. The van der Waals surface area contributed by atoms with E-state index < -0.39 is 0 Å². The summed E-state index contributed by atoms with van der Waals surface area (Å²) in [6, 6.07) is 0. The Labute approximate surface area is 107 Å². The maximum Gasteiger partial charge on any atom is 0.212 e. The van der Waals surface area contributed by atoms with Crippen molar-refractivity contribution in [2.75, 3.05) is 0 Å². The van der Waals surface area contributed by atoms with Crippen LogP contribution in [0.5, 0.6) is 0 Å². The standard InChI is InChI=1S/C13H21N3S/c1-4-6-7-11(5-2)8-12-10(3)15-13-16(12)14-9-17-13/h9,11H,4-8H2,1-3H3. The number of aromatic nitrogens is 3. The number of hydrogen-bond acceptors (Lipinski definition) is 3. The van der Waals surface area contributed by atoms with Gasteiger partial charge < -0.3 is 0 Å². The van der Waals surface area contributed by atoms with Gasteiger partial charge in [-0.15, -0.1) is 0 Å². The van der Waals surface area contributed by atoms with Gasteiger partial charge in [-0.05, 0) is 19.3 Å². The van der Waals surface area contributed by atoms with E-state index in [1.54, 1.807) is 11.3 Å². The van der Waals surface area contributed by atoms with Crippen molar-refractivity contribution in [3.63, 3.8) is 0 Å². The van der Waals surface area contributed by atoms with Crippen LogP contribution in [-0.2, 0) is 6.42 Å². The Balaban J connectivity index is 2.15. The van der Waals surface area contributed by atoms with E-state index in [-0.39, 0.29) is 0 Å². The Hall–Kier alpha value is -0.900. The predicted octanol–water partition coefficient (Wildman–Crippen LogP) is 3.86. The molecular formula is C13H21N3S. The second-order valence-corrected chi connectivity index (χ2v) is 5.51. The molecule has 0 radical (unpaired) electrons. The van der Waals surface area contributed by atoms with Gasteiger partial charge in [-0.25, -0.2) is 9.50 Å². The minimum atomic E-state index is 0.773. The highest BCUT2D eigenvalue weighted by Crippen LogP contribution is 2.22. The van der Waals surface area contributed by atoms with Crippen LogP contribution in [0.25, 0.3) is 4.96 Å². The van der Waals surface area contributed by atoms with Crippen molar-refractivity contribution < 1.29 is 0 Å². The molecule has 0 aromatic carbocycles. The number of nitrogens with zero attached hydrogens (tertiary/aromatic N) is 3. The molecule has 0 aliphatic carbocycles. The van der Waals surface area contributed by atoms with Gasteiger partial charge in [0.2, 0.25) is 4.96 Å². The first-order valence-electron chi connectivity index (χ1n) is 6.53. The Morgan fingerprint density at radius 3 is 2.94 bits per heavy atom. The Morgan fingerprint density at radius 2 is 2.24 bits per heavy atom. The van der Waals surface area contributed by atoms with Crippen LogP contribution in [0, 0.1) is 12.8 Å². The van der Waals surface area contributed by atoms with Crippen LogP contribution < -0.4 is 0 Å². The Kier molecular flexibility index (Phi) is 4.15. The smallest absolute Gasteiger partial charge is 0.212 e. The fourth-order valence-corrected chi connectivity index (χ4v) is 2.97. The summed E-state index contributed by atoms with van der Waals surface area (Å²) >= 11 is 1.62. The van der Waals surface area contributed by atoms with E-state index >= 15 is 0 Å². The topological polar surface area (TPSA) is 30.2 Å². The first-order valence-corrected chi connectivity index (χ1v) is 7.41. The molecule has 0 saturated heterocycles. The largest absolute Gasteiger partial charge is 0.223 e. The summed E-state index contributed by atoms with van der Waals surface area (Å²) in [5.74, 6) is 0.773. The van der Waals surface area contributed by atoms with Crippen molar-refractivity contribution in [3.8, 4) is 0 Å². The van der Waals surface area contributed by atoms with E-state index in [0.717, 1.165) is 23.0 Å². The molecular weight excluding hydrogens is 230 g/mol. The maximum atomic E-state index is 4.56. The normalized spacial score (nSPS) is 13.4. The zero-order valence-electron chi connectivity index (χ0n) is 10.9. The molecule has 0 fully saturated rings. The minimum Gasteiger partial charge on any atom is -0.223 e. The Morgan fingerprint density at radius 1 is 1.41 bits per heavy atom. The summed E-state index contributed by atoms with van der Waals surface area (Å²) in [6.07, 6.45) is 6.30. The number of fused-ring (bicyclic) bond motifs is 1. The van der Waals surface area contributed by atoms with Crippen molar-refractivity contribution in [3.05, 3.63) is 16.9 Å². The van der Waals surface area contributed by atoms with Gasteiger partial charge in [0.25, 0.3) is 0 Å². The van der Waals surface area contributed by atoms with Gasteiger partial charge in [-0.2, -0.15) is 5.10 Å². The van der Waals surface area contributed by atoms with Crippen molar-refractivity contribution in [1.82, 2.24) is 14.6 Å². The SMILES string of the molecule is CCCCC(CC)Cc1c(C)nc2scnn12. The monoisotopic (exact) mass is 251 g/mol. The first-order chi connectivity index (χ1) is 8.26. The zero-order chi connectivity index (χ0) is 12.3. The van der Waals surface area contributed by atoms with Gasteiger partial charge in [-0.3, -0.25) is 0 Å². The van der Waals surface area contributed by atoms with Gasteiger partial charge in [0.05, 0.1) is 11.4 Å². The van der Waals surface area contributed by atoms with Crippen molar-refractivity contribution in [2.24, 2.45) is 5.92 Å². The summed E-state index contributed by atoms with van der Waals surface area (Å²) in [5, 5.41) is 4.38. The molecule has 2 aromatic heterocycles. The van der Waals surface area contributed by atoms with Crippen LogP contribution in [0.1, 0.15) is 50.9 Å². The summed E-state index contributed by atoms with van der Waals surface area (Å²) in [5.41, 5.74) is 4.33. The van der Waals surface area contributed by atoms with E-state index in [2.05, 4.69) is 30.9 Å². The molecule has 0 N–H and O–H groups in total. The summed E-state index contributed by atoms with van der Waals surface area (Å²) in [7, 11) is 0. The molecule has 0 bridgehead atoms. The van der Waals surface area contributed by atoms with Crippen LogP contribution in [0.3, 0.4) is 0 Å². The van der Waals surface area contributed by atoms with Gasteiger partial charge in [0, 0.05) is 0 Å². The van der Waals surface area contributed by atoms with Crippen LogP contribution in [0.2, 0.25) is 0 Å². The van der Waals surface area contributed by atoms with Crippen LogP contribution in [-0.4, -0.2) is 14.6 Å². The number of rotatable bonds is 6. The zero-order valence-corrected chi connectivity index (χ0v) is 11.8. The van der Waals surface area contributed by atoms with Crippen molar-refractivity contribution in [1.29, 1.82) is 0 Å². The van der Waals surface area contributed by atoms with Gasteiger partial charge in [-0.1, -0.05) is 50.9 Å².